The normalized spacial score (nSPS) is 20.3. The van der Waals surface area contributed by atoms with Crippen LogP contribution in [0.3, 0.4) is 0 Å². The molecule has 0 spiro atoms. The van der Waals surface area contributed by atoms with Crippen LogP contribution in [0.15, 0.2) is 23.4 Å². The number of halogens is 2. The fraction of sp³-hybridized carbons (Fsp3) is 0.471. The van der Waals surface area contributed by atoms with Gasteiger partial charge in [0.1, 0.15) is 17.8 Å². The summed E-state index contributed by atoms with van der Waals surface area (Å²) in [6.45, 7) is 1.89. The van der Waals surface area contributed by atoms with E-state index in [1.807, 2.05) is 0 Å². The van der Waals surface area contributed by atoms with Gasteiger partial charge in [0.2, 0.25) is 0 Å². The van der Waals surface area contributed by atoms with E-state index >= 15 is 0 Å². The second-order valence-electron chi connectivity index (χ2n) is 6.15. The maximum absolute atomic E-state index is 13.4. The molecule has 6 nitrogen and oxygen atoms in total. The molecule has 0 saturated heterocycles. The van der Waals surface area contributed by atoms with E-state index in [1.165, 1.54) is 0 Å². The Morgan fingerprint density at radius 2 is 2.00 bits per heavy atom. The number of oxime groups is 1. The number of benzene rings is 1. The first-order chi connectivity index (χ1) is 11.9. The maximum Gasteiger partial charge on any atom is 0.270 e. The molecule has 136 valence electrons. The van der Waals surface area contributed by atoms with Crippen molar-refractivity contribution in [1.29, 1.82) is 0 Å². The van der Waals surface area contributed by atoms with E-state index in [2.05, 4.69) is 22.7 Å². The van der Waals surface area contributed by atoms with Crippen LogP contribution < -0.4 is 10.6 Å². The first-order valence-electron chi connectivity index (χ1n) is 8.14. The van der Waals surface area contributed by atoms with Crippen molar-refractivity contribution in [3.05, 3.63) is 29.8 Å². The summed E-state index contributed by atoms with van der Waals surface area (Å²) in [5, 5.41) is 8.41. The zero-order valence-electron chi connectivity index (χ0n) is 13.9. The lowest BCUT2D eigenvalue weighted by molar-refractivity contribution is -0.126. The van der Waals surface area contributed by atoms with Gasteiger partial charge in [-0.2, -0.15) is 0 Å². The van der Waals surface area contributed by atoms with E-state index in [9.17, 15) is 18.4 Å². The number of rotatable bonds is 6. The zero-order valence-corrected chi connectivity index (χ0v) is 13.9. The zero-order chi connectivity index (χ0) is 18.2. The highest BCUT2D eigenvalue weighted by Crippen LogP contribution is 2.23. The minimum Gasteiger partial charge on any atom is -0.386 e. The van der Waals surface area contributed by atoms with E-state index in [-0.39, 0.29) is 24.2 Å². The van der Waals surface area contributed by atoms with E-state index in [0.29, 0.717) is 12.0 Å². The average Bonchev–Trinajstić information content (AvgIpc) is 2.56. The van der Waals surface area contributed by atoms with Gasteiger partial charge in [-0.25, -0.2) is 8.78 Å². The van der Waals surface area contributed by atoms with Crippen LogP contribution in [-0.2, 0) is 14.4 Å². The molecule has 0 aliphatic heterocycles. The summed E-state index contributed by atoms with van der Waals surface area (Å²) in [7, 11) is 0. The molecule has 0 atom stereocenters. The summed E-state index contributed by atoms with van der Waals surface area (Å²) < 4.78 is 26.1. The van der Waals surface area contributed by atoms with Crippen molar-refractivity contribution in [3.8, 4) is 0 Å². The summed E-state index contributed by atoms with van der Waals surface area (Å²) in [5.74, 6) is -2.01. The van der Waals surface area contributed by atoms with Crippen molar-refractivity contribution in [2.45, 2.75) is 38.6 Å². The number of hydrogen-bond acceptors (Lipinski definition) is 4. The molecule has 1 saturated carbocycles. The van der Waals surface area contributed by atoms with Crippen LogP contribution >= 0.6 is 0 Å². The topological polar surface area (TPSA) is 79.8 Å². The lowest BCUT2D eigenvalue weighted by Gasteiger charge is -2.26. The Morgan fingerprint density at radius 3 is 2.68 bits per heavy atom. The van der Waals surface area contributed by atoms with Crippen molar-refractivity contribution >= 4 is 23.7 Å². The van der Waals surface area contributed by atoms with Crippen LogP contribution in [-0.4, -0.2) is 30.7 Å². The third-order valence-electron chi connectivity index (χ3n) is 4.01. The van der Waals surface area contributed by atoms with Crippen LogP contribution in [0.1, 0.15) is 32.6 Å². The number of hydrogen-bond donors (Lipinski definition) is 2. The molecule has 1 fully saturated rings. The molecule has 1 aliphatic rings. The van der Waals surface area contributed by atoms with Gasteiger partial charge in [-0.1, -0.05) is 12.1 Å². The Kier molecular flexibility index (Phi) is 6.85. The molecule has 2 rings (SSSR count). The molecule has 1 aromatic rings. The van der Waals surface area contributed by atoms with Gasteiger partial charge >= 0.3 is 0 Å². The fourth-order valence-electron chi connectivity index (χ4n) is 2.61. The van der Waals surface area contributed by atoms with Crippen molar-refractivity contribution in [1.82, 2.24) is 5.32 Å². The Morgan fingerprint density at radius 1 is 1.28 bits per heavy atom. The number of nitrogens with zero attached hydrogens (tertiary/aromatic N) is 1. The van der Waals surface area contributed by atoms with Gasteiger partial charge in [-0.05, 0) is 43.7 Å². The lowest BCUT2D eigenvalue weighted by Crippen LogP contribution is -2.39. The molecular weight excluding hydrogens is 332 g/mol. The van der Waals surface area contributed by atoms with Crippen molar-refractivity contribution < 1.29 is 23.2 Å². The number of carbonyl (C=O) groups is 2. The standard InChI is InChI=1S/C17H21F2N3O3/c1-11-2-5-13(6-3-11)21-17(24)10-25-20-9-16(23)22-15-7-4-12(18)8-14(15)19/h4,7-9,11,13H,2-3,5-6,10H2,1H3,(H,21,24)(H,22,23)/b20-9-. The largest absolute Gasteiger partial charge is 0.386 e. The van der Waals surface area contributed by atoms with Gasteiger partial charge in [-0.3, -0.25) is 9.59 Å². The molecule has 2 amide bonds. The monoisotopic (exact) mass is 353 g/mol. The fourth-order valence-corrected chi connectivity index (χ4v) is 2.61. The summed E-state index contributed by atoms with van der Waals surface area (Å²) >= 11 is 0. The Bertz CT molecular complexity index is 644. The third-order valence-corrected chi connectivity index (χ3v) is 4.01. The second kappa shape index (κ2) is 9.10. The molecular formula is C17H21F2N3O3. The van der Waals surface area contributed by atoms with Crippen LogP contribution in [0.25, 0.3) is 0 Å². The molecule has 0 radical (unpaired) electrons. The van der Waals surface area contributed by atoms with Gasteiger partial charge in [0.05, 0.1) is 5.69 Å². The highest BCUT2D eigenvalue weighted by Gasteiger charge is 2.19. The minimum absolute atomic E-state index is 0.154. The Hall–Kier alpha value is -2.51. The van der Waals surface area contributed by atoms with Gasteiger partial charge < -0.3 is 15.5 Å². The molecule has 8 heteroatoms. The molecule has 0 unspecified atom stereocenters. The lowest BCUT2D eigenvalue weighted by atomic mass is 9.87. The summed E-state index contributed by atoms with van der Waals surface area (Å²) in [4.78, 5) is 28.0. The predicted octanol–water partition coefficient (Wildman–Crippen LogP) is 2.60. The molecule has 1 aliphatic carbocycles. The van der Waals surface area contributed by atoms with Gasteiger partial charge in [-0.15, -0.1) is 0 Å². The Balaban J connectivity index is 1.68. The quantitative estimate of drug-likeness (QED) is 0.609. The smallest absolute Gasteiger partial charge is 0.270 e. The van der Waals surface area contributed by atoms with E-state index in [4.69, 9.17) is 4.84 Å². The highest BCUT2D eigenvalue weighted by atomic mass is 19.1. The summed E-state index contributed by atoms with van der Waals surface area (Å²) in [6, 6.07) is 2.92. The second-order valence-corrected chi connectivity index (χ2v) is 6.15. The maximum atomic E-state index is 13.4. The number of nitrogens with one attached hydrogen (secondary N) is 2. The minimum atomic E-state index is -0.899. The van der Waals surface area contributed by atoms with Crippen molar-refractivity contribution in [2.24, 2.45) is 11.1 Å². The molecule has 0 aromatic heterocycles. The molecule has 2 N–H and O–H groups in total. The first-order valence-corrected chi connectivity index (χ1v) is 8.14. The predicted molar refractivity (Wildman–Crippen MR) is 89.0 cm³/mol. The summed E-state index contributed by atoms with van der Waals surface area (Å²) in [5.41, 5.74) is -0.179. The molecule has 25 heavy (non-hydrogen) atoms. The van der Waals surface area contributed by atoms with E-state index in [1.54, 1.807) is 0 Å². The average molecular weight is 353 g/mol. The number of anilines is 1. The molecule has 1 aromatic carbocycles. The number of carbonyl (C=O) groups excluding carboxylic acids is 2. The van der Waals surface area contributed by atoms with Gasteiger partial charge in [0, 0.05) is 12.1 Å². The SMILES string of the molecule is CC1CCC(NC(=O)CO/N=C\C(=O)Nc2ccc(F)cc2F)CC1. The van der Waals surface area contributed by atoms with Crippen molar-refractivity contribution in [2.75, 3.05) is 11.9 Å². The number of amides is 2. The van der Waals surface area contributed by atoms with Crippen LogP contribution in [0, 0.1) is 17.6 Å². The summed E-state index contributed by atoms with van der Waals surface area (Å²) in [6.07, 6.45) is 4.84. The van der Waals surface area contributed by atoms with Crippen LogP contribution in [0.4, 0.5) is 14.5 Å². The van der Waals surface area contributed by atoms with Crippen molar-refractivity contribution in [3.63, 3.8) is 0 Å². The van der Waals surface area contributed by atoms with Crippen LogP contribution in [0.2, 0.25) is 0 Å². The van der Waals surface area contributed by atoms with Gasteiger partial charge in [0.25, 0.3) is 11.8 Å². The molecule has 0 bridgehead atoms. The van der Waals surface area contributed by atoms with E-state index < -0.39 is 17.5 Å². The van der Waals surface area contributed by atoms with Crippen LogP contribution in [0.5, 0.6) is 0 Å². The highest BCUT2D eigenvalue weighted by molar-refractivity contribution is 6.31. The Labute approximate surface area is 144 Å². The molecule has 0 heterocycles. The van der Waals surface area contributed by atoms with Gasteiger partial charge in [0.15, 0.2) is 6.61 Å². The van der Waals surface area contributed by atoms with E-state index in [0.717, 1.165) is 44.0 Å². The third kappa shape index (κ3) is 6.48. The first kappa shape index (κ1) is 18.8.